The molecule has 13 heteroatoms. The van der Waals surface area contributed by atoms with E-state index in [0.29, 0.717) is 10.2 Å². The van der Waals surface area contributed by atoms with Crippen molar-refractivity contribution < 1.29 is 44.7 Å². The highest BCUT2D eigenvalue weighted by Gasteiger charge is 2.75. The van der Waals surface area contributed by atoms with Gasteiger partial charge in [0.15, 0.2) is 5.62 Å². The zero-order chi connectivity index (χ0) is 16.7. The van der Waals surface area contributed by atoms with E-state index in [2.05, 4.69) is 0 Å². The quantitative estimate of drug-likeness (QED) is 0.459. The van der Waals surface area contributed by atoms with Gasteiger partial charge in [0.05, 0.1) is 0 Å². The molecule has 0 spiro atoms. The van der Waals surface area contributed by atoms with Crippen LogP contribution in [0.15, 0.2) is 0 Å². The number of halogens is 6. The van der Waals surface area contributed by atoms with E-state index in [4.69, 9.17) is 5.11 Å². The fourth-order valence-electron chi connectivity index (χ4n) is 0.827. The molecule has 0 saturated carbocycles. The van der Waals surface area contributed by atoms with Gasteiger partial charge in [0.1, 0.15) is 6.11 Å². The van der Waals surface area contributed by atoms with Crippen LogP contribution >= 0.6 is 8.48 Å². The standard InChI is InChI=1S/C7H9F6NO4S2/c1-20(2,5-16,4-3-15,7(11,12)13)14-19(17,18)6(8,9)10/h5,14-15H,1-2H3. The van der Waals surface area contributed by atoms with Gasteiger partial charge < -0.3 is 5.11 Å². The summed E-state index contributed by atoms with van der Waals surface area (Å²) in [6.07, 6.45) is 0.455. The van der Waals surface area contributed by atoms with Crippen LogP contribution in [0.25, 0.3) is 0 Å². The van der Waals surface area contributed by atoms with Crippen LogP contribution in [0.5, 0.6) is 0 Å². The van der Waals surface area contributed by atoms with Crippen molar-refractivity contribution in [2.24, 2.45) is 0 Å². The van der Waals surface area contributed by atoms with Crippen molar-refractivity contribution in [3.8, 4) is 11.4 Å². The molecule has 0 aromatic rings. The molecule has 0 fully saturated rings. The fourth-order valence-corrected chi connectivity index (χ4v) is 5.65. The Kier molecular flexibility index (Phi) is 3.73. The molecular formula is C7H9F6NO4S2. The Hall–Kier alpha value is -1.13. The van der Waals surface area contributed by atoms with E-state index in [0.717, 1.165) is 5.25 Å². The van der Waals surface area contributed by atoms with Gasteiger partial charge in [0.2, 0.25) is 0 Å². The van der Waals surface area contributed by atoms with E-state index >= 15 is 0 Å². The number of nitrogens with one attached hydrogen (secondary N) is 1. The van der Waals surface area contributed by atoms with Crippen molar-refractivity contribution >= 4 is 24.1 Å². The van der Waals surface area contributed by atoms with Gasteiger partial charge in [-0.3, -0.25) is 4.79 Å². The predicted molar refractivity (Wildman–Crippen MR) is 60.1 cm³/mol. The van der Waals surface area contributed by atoms with Crippen molar-refractivity contribution in [1.29, 1.82) is 0 Å². The Bertz CT molecular complexity index is 608. The molecule has 120 valence electrons. The Labute approximate surface area is 108 Å². The molecule has 0 rings (SSSR count). The van der Waals surface area contributed by atoms with E-state index in [1.807, 2.05) is 0 Å². The van der Waals surface area contributed by atoms with E-state index in [-0.39, 0.29) is 12.5 Å². The van der Waals surface area contributed by atoms with Gasteiger partial charge in [0.25, 0.3) is 0 Å². The van der Waals surface area contributed by atoms with Crippen molar-refractivity contribution in [3.05, 3.63) is 0 Å². The van der Waals surface area contributed by atoms with Crippen molar-refractivity contribution in [2.45, 2.75) is 11.0 Å². The van der Waals surface area contributed by atoms with Crippen LogP contribution in [0.4, 0.5) is 26.3 Å². The molecule has 0 bridgehead atoms. The predicted octanol–water partition coefficient (Wildman–Crippen LogP) is 1.48. The van der Waals surface area contributed by atoms with Crippen molar-refractivity contribution in [2.75, 3.05) is 12.5 Å². The fraction of sp³-hybridized carbons (Fsp3) is 0.571. The summed E-state index contributed by atoms with van der Waals surface area (Å²) < 4.78 is 98.4. The number of alkyl halides is 6. The van der Waals surface area contributed by atoms with Gasteiger partial charge in [-0.1, -0.05) is 8.48 Å². The Balaban J connectivity index is 6.71. The number of rotatable bonds is 3. The van der Waals surface area contributed by atoms with Gasteiger partial charge in [-0.25, -0.2) is 8.42 Å². The molecule has 0 amide bonds. The summed E-state index contributed by atoms with van der Waals surface area (Å²) in [5.41, 5.74) is -13.0. The van der Waals surface area contributed by atoms with Gasteiger partial charge in [-0.2, -0.15) is 30.5 Å². The summed E-state index contributed by atoms with van der Waals surface area (Å²) in [7, 11) is -13.6. The second kappa shape index (κ2) is 3.95. The van der Waals surface area contributed by atoms with Gasteiger partial charge in [0, 0.05) is 5.25 Å². The number of carbonyl (C=O) groups is 1. The molecule has 0 radical (unpaired) electrons. The van der Waals surface area contributed by atoms with E-state index in [1.165, 1.54) is 0 Å². The molecular weight excluding hydrogens is 340 g/mol. The normalized spacial score (nSPS) is 17.4. The monoisotopic (exact) mass is 349 g/mol. The number of hydrogen-bond donors (Lipinski definition) is 2. The molecule has 0 unspecified atom stereocenters. The van der Waals surface area contributed by atoms with Crippen LogP contribution in [0.2, 0.25) is 0 Å². The molecule has 5 nitrogen and oxygen atoms in total. The number of carbonyl (C=O) groups excluding carboxylic acids is 1. The first-order chi connectivity index (χ1) is 8.40. The van der Waals surface area contributed by atoms with Gasteiger partial charge in [-0.05, 0) is 12.5 Å². The van der Waals surface area contributed by atoms with E-state index in [1.54, 1.807) is 0 Å². The zero-order valence-corrected chi connectivity index (χ0v) is 11.5. The first-order valence-electron chi connectivity index (χ1n) is 4.25. The minimum Gasteiger partial charge on any atom is -0.461 e. The second-order valence-corrected chi connectivity index (χ2v) is 13.1. The van der Waals surface area contributed by atoms with Crippen LogP contribution in [0.3, 0.4) is 0 Å². The smallest absolute Gasteiger partial charge is 0.461 e. The van der Waals surface area contributed by atoms with Crippen LogP contribution in [0, 0.1) is 11.4 Å². The summed E-state index contributed by atoms with van der Waals surface area (Å²) in [6, 6.07) is 0. The third-order valence-electron chi connectivity index (χ3n) is 2.29. The number of aliphatic hydroxyl groups is 1. The molecule has 0 aliphatic heterocycles. The summed E-state index contributed by atoms with van der Waals surface area (Å²) in [5.74, 6) is 0. The third-order valence-corrected chi connectivity index (χ3v) is 9.31. The highest BCUT2D eigenvalue weighted by molar-refractivity contribution is 8.76. The lowest BCUT2D eigenvalue weighted by Crippen LogP contribution is -2.60. The summed E-state index contributed by atoms with van der Waals surface area (Å²) in [4.78, 5) is 10.9. The molecule has 0 aliphatic carbocycles. The molecule has 0 aromatic carbocycles. The second-order valence-electron chi connectivity index (χ2n) is 4.55. The topological polar surface area (TPSA) is 83.5 Å². The van der Waals surface area contributed by atoms with E-state index in [9.17, 15) is 39.6 Å². The van der Waals surface area contributed by atoms with Crippen LogP contribution in [0.1, 0.15) is 0 Å². The maximum absolute atomic E-state index is 13.2. The number of hydrogen-bond acceptors (Lipinski definition) is 4. The minimum absolute atomic E-state index is 0.112. The Morgan fingerprint density at radius 2 is 1.55 bits per heavy atom. The van der Waals surface area contributed by atoms with Gasteiger partial charge >= 0.3 is 21.0 Å². The molecule has 0 aliphatic rings. The highest BCUT2D eigenvalue weighted by Crippen LogP contribution is 2.87. The van der Waals surface area contributed by atoms with Gasteiger partial charge in [-0.15, -0.1) is 0 Å². The zero-order valence-electron chi connectivity index (χ0n) is 9.83. The molecule has 2 N–H and O–H groups in total. The summed E-state index contributed by atoms with van der Waals surface area (Å²) >= 11 is 0. The Morgan fingerprint density at radius 1 is 1.15 bits per heavy atom. The van der Waals surface area contributed by atoms with E-state index < -0.39 is 35.1 Å². The molecule has 0 heterocycles. The first-order valence-corrected chi connectivity index (χ1v) is 9.06. The maximum atomic E-state index is 13.2. The van der Waals surface area contributed by atoms with Crippen molar-refractivity contribution in [3.63, 3.8) is 0 Å². The minimum atomic E-state index is -7.01. The molecule has 0 saturated heterocycles. The lowest BCUT2D eigenvalue weighted by Gasteiger charge is -2.64. The molecule has 0 aromatic heterocycles. The third kappa shape index (κ3) is 2.42. The van der Waals surface area contributed by atoms with Crippen LogP contribution in [-0.2, 0) is 14.8 Å². The SMILES string of the molecule is CS(C)(C#CO)(C=O)(NS(=O)(=O)C(F)(F)F)C(F)(F)F. The molecule has 20 heavy (non-hydrogen) atoms. The highest BCUT2D eigenvalue weighted by atomic mass is 32.4. The van der Waals surface area contributed by atoms with Crippen LogP contribution < -0.4 is 4.13 Å². The first kappa shape index (κ1) is 18.9. The maximum Gasteiger partial charge on any atom is 0.512 e. The molecule has 0 atom stereocenters. The average molecular weight is 349 g/mol. The average Bonchev–Trinajstić information content (AvgIpc) is 2.13. The number of sulfonamides is 1. The number of aliphatic hydroxyl groups excluding tert-OH is 1. The van der Waals surface area contributed by atoms with Crippen molar-refractivity contribution in [1.82, 2.24) is 4.13 Å². The lowest BCUT2D eigenvalue weighted by atomic mass is 11.3. The summed E-state index contributed by atoms with van der Waals surface area (Å²) in [5, 5.41) is 9.23. The largest absolute Gasteiger partial charge is 0.512 e. The van der Waals surface area contributed by atoms with Crippen LogP contribution in [-0.4, -0.2) is 42.7 Å². The summed E-state index contributed by atoms with van der Waals surface area (Å²) in [6.45, 7) is 0. The lowest BCUT2D eigenvalue weighted by molar-refractivity contribution is -0.0465. The Morgan fingerprint density at radius 3 is 1.75 bits per heavy atom.